The maximum Gasteiger partial charge on any atom is 0.328 e. The molecule has 0 aliphatic rings. The smallest absolute Gasteiger partial charge is 0.328 e. The Morgan fingerprint density at radius 3 is 2.50 bits per heavy atom. The van der Waals surface area contributed by atoms with Gasteiger partial charge in [-0.2, -0.15) is 0 Å². The van der Waals surface area contributed by atoms with Crippen LogP contribution < -0.4 is 5.32 Å². The Balaban J connectivity index is 2.79. The first-order valence-electron chi connectivity index (χ1n) is 4.54. The van der Waals surface area contributed by atoms with Gasteiger partial charge in [-0.3, -0.25) is 4.79 Å². The minimum Gasteiger partial charge on any atom is -0.480 e. The summed E-state index contributed by atoms with van der Waals surface area (Å²) < 4.78 is 0. The molecule has 7 heteroatoms. The van der Waals surface area contributed by atoms with E-state index >= 15 is 0 Å². The Morgan fingerprint density at radius 2 is 2.12 bits per heavy atom. The van der Waals surface area contributed by atoms with Gasteiger partial charge in [0.05, 0.1) is 11.6 Å². The number of carbonyl (C=O) groups is 2. The second-order valence-corrected chi connectivity index (χ2v) is 4.59. The van der Waals surface area contributed by atoms with Gasteiger partial charge < -0.3 is 15.5 Å². The number of aliphatic hydroxyl groups is 1. The molecule has 3 N–H and O–H groups in total. The summed E-state index contributed by atoms with van der Waals surface area (Å²) in [4.78, 5) is 26.9. The zero-order valence-electron chi connectivity index (χ0n) is 8.85. The minimum atomic E-state index is -1.30. The molecular formula is C9H12N2O4S. The molecule has 88 valence electrons. The van der Waals surface area contributed by atoms with E-state index in [1.54, 1.807) is 13.8 Å². The van der Waals surface area contributed by atoms with Gasteiger partial charge in [-0.15, -0.1) is 11.3 Å². The number of aliphatic hydroxyl groups excluding tert-OH is 1. The first-order valence-corrected chi connectivity index (χ1v) is 5.36. The highest BCUT2D eigenvalue weighted by Gasteiger charge is 2.22. The molecule has 16 heavy (non-hydrogen) atoms. The lowest BCUT2D eigenvalue weighted by Gasteiger charge is -2.10. The highest BCUT2D eigenvalue weighted by Crippen LogP contribution is 2.16. The molecule has 0 aromatic carbocycles. The van der Waals surface area contributed by atoms with Gasteiger partial charge in [-0.05, 0) is 13.8 Å². The van der Waals surface area contributed by atoms with Gasteiger partial charge in [0.2, 0.25) is 0 Å². The van der Waals surface area contributed by atoms with Crippen LogP contribution in [0.25, 0.3) is 0 Å². The van der Waals surface area contributed by atoms with E-state index in [-0.39, 0.29) is 5.69 Å². The van der Waals surface area contributed by atoms with Crippen LogP contribution in [-0.4, -0.2) is 39.7 Å². The number of hydrogen-bond acceptors (Lipinski definition) is 5. The number of aromatic nitrogens is 1. The third-order valence-corrected chi connectivity index (χ3v) is 2.79. The fourth-order valence-electron chi connectivity index (χ4n) is 1.15. The van der Waals surface area contributed by atoms with Crippen molar-refractivity contribution in [2.24, 2.45) is 0 Å². The number of carbonyl (C=O) groups excluding carboxylic acids is 1. The number of thiazole rings is 1. The van der Waals surface area contributed by atoms with E-state index < -0.39 is 24.5 Å². The molecular weight excluding hydrogens is 232 g/mol. The van der Waals surface area contributed by atoms with Crippen LogP contribution in [0.2, 0.25) is 0 Å². The highest BCUT2D eigenvalue weighted by atomic mass is 32.1. The second-order valence-electron chi connectivity index (χ2n) is 3.18. The average Bonchev–Trinajstić information content (AvgIpc) is 2.53. The summed E-state index contributed by atoms with van der Waals surface area (Å²) >= 11 is 1.36. The van der Waals surface area contributed by atoms with E-state index in [1.165, 1.54) is 11.3 Å². The Labute approximate surface area is 95.9 Å². The molecule has 1 rings (SSSR count). The molecule has 0 aliphatic heterocycles. The molecule has 1 unspecified atom stereocenters. The van der Waals surface area contributed by atoms with Crippen molar-refractivity contribution in [3.05, 3.63) is 15.6 Å². The summed E-state index contributed by atoms with van der Waals surface area (Å²) in [5, 5.41) is 20.3. The number of aryl methyl sites for hydroxylation is 2. The predicted molar refractivity (Wildman–Crippen MR) is 57.6 cm³/mol. The molecule has 0 spiro atoms. The molecule has 1 amide bonds. The Bertz CT molecular complexity index is 416. The largest absolute Gasteiger partial charge is 0.480 e. The topological polar surface area (TPSA) is 99.5 Å². The van der Waals surface area contributed by atoms with Crippen LogP contribution in [0.4, 0.5) is 0 Å². The van der Waals surface area contributed by atoms with Gasteiger partial charge in [-0.1, -0.05) is 0 Å². The van der Waals surface area contributed by atoms with Crippen molar-refractivity contribution in [1.29, 1.82) is 0 Å². The molecule has 0 bridgehead atoms. The zero-order valence-corrected chi connectivity index (χ0v) is 9.67. The van der Waals surface area contributed by atoms with Gasteiger partial charge in [0.15, 0.2) is 6.04 Å². The molecule has 0 radical (unpaired) electrons. The van der Waals surface area contributed by atoms with Crippen LogP contribution in [0.15, 0.2) is 0 Å². The van der Waals surface area contributed by atoms with Gasteiger partial charge in [0, 0.05) is 4.88 Å². The molecule has 1 aromatic heterocycles. The monoisotopic (exact) mass is 244 g/mol. The summed E-state index contributed by atoms with van der Waals surface area (Å²) in [5.74, 6) is -1.86. The maximum absolute atomic E-state index is 11.6. The number of amides is 1. The molecule has 1 atom stereocenters. The summed E-state index contributed by atoms with van der Waals surface area (Å²) in [6.07, 6.45) is 0. The number of nitrogens with one attached hydrogen (secondary N) is 1. The molecule has 0 fully saturated rings. The zero-order chi connectivity index (χ0) is 12.3. The van der Waals surface area contributed by atoms with Crippen LogP contribution in [0, 0.1) is 13.8 Å². The van der Waals surface area contributed by atoms with Crippen LogP contribution in [0.1, 0.15) is 20.4 Å². The lowest BCUT2D eigenvalue weighted by Crippen LogP contribution is -2.43. The van der Waals surface area contributed by atoms with Crippen molar-refractivity contribution < 1.29 is 19.8 Å². The van der Waals surface area contributed by atoms with Gasteiger partial charge >= 0.3 is 5.97 Å². The Hall–Kier alpha value is -1.47. The number of carboxylic acid groups (broad SMARTS) is 1. The molecule has 0 aliphatic carbocycles. The normalized spacial score (nSPS) is 12.2. The van der Waals surface area contributed by atoms with Crippen LogP contribution >= 0.6 is 11.3 Å². The standard InChI is InChI=1S/C9H12N2O4S/c1-4-7(10-5(2)16-4)8(13)11-6(3-12)9(14)15/h6,12H,3H2,1-2H3,(H,11,13)(H,14,15). The third kappa shape index (κ3) is 2.77. The van der Waals surface area contributed by atoms with Crippen molar-refractivity contribution in [1.82, 2.24) is 10.3 Å². The number of rotatable bonds is 4. The summed E-state index contributed by atoms with van der Waals surface area (Å²) in [7, 11) is 0. The number of aliphatic carboxylic acids is 1. The van der Waals surface area contributed by atoms with Crippen molar-refractivity contribution in [2.45, 2.75) is 19.9 Å². The Morgan fingerprint density at radius 1 is 1.50 bits per heavy atom. The van der Waals surface area contributed by atoms with Crippen molar-refractivity contribution >= 4 is 23.2 Å². The first-order chi connectivity index (χ1) is 7.45. The quantitative estimate of drug-likeness (QED) is 0.688. The van der Waals surface area contributed by atoms with E-state index in [9.17, 15) is 9.59 Å². The highest BCUT2D eigenvalue weighted by molar-refractivity contribution is 7.11. The van der Waals surface area contributed by atoms with Crippen LogP contribution in [-0.2, 0) is 4.79 Å². The third-order valence-electron chi connectivity index (χ3n) is 1.90. The lowest BCUT2D eigenvalue weighted by atomic mass is 10.3. The number of hydrogen-bond donors (Lipinski definition) is 3. The molecule has 1 aromatic rings. The van der Waals surface area contributed by atoms with E-state index in [4.69, 9.17) is 10.2 Å². The molecule has 0 saturated heterocycles. The van der Waals surface area contributed by atoms with E-state index in [0.29, 0.717) is 0 Å². The fraction of sp³-hybridized carbons (Fsp3) is 0.444. The average molecular weight is 244 g/mol. The Kier molecular flexibility index (Phi) is 3.97. The van der Waals surface area contributed by atoms with Gasteiger partial charge in [0.25, 0.3) is 5.91 Å². The van der Waals surface area contributed by atoms with E-state index in [2.05, 4.69) is 10.3 Å². The van der Waals surface area contributed by atoms with E-state index in [0.717, 1.165) is 9.88 Å². The van der Waals surface area contributed by atoms with Crippen molar-refractivity contribution in [3.63, 3.8) is 0 Å². The van der Waals surface area contributed by atoms with Gasteiger partial charge in [0.1, 0.15) is 5.69 Å². The van der Waals surface area contributed by atoms with Gasteiger partial charge in [-0.25, -0.2) is 9.78 Å². The first kappa shape index (κ1) is 12.6. The van der Waals surface area contributed by atoms with Crippen LogP contribution in [0.5, 0.6) is 0 Å². The fourth-order valence-corrected chi connectivity index (χ4v) is 1.97. The number of nitrogens with zero attached hydrogens (tertiary/aromatic N) is 1. The van der Waals surface area contributed by atoms with Crippen molar-refractivity contribution in [2.75, 3.05) is 6.61 Å². The van der Waals surface area contributed by atoms with E-state index in [1.807, 2.05) is 0 Å². The number of carboxylic acids is 1. The summed E-state index contributed by atoms with van der Waals surface area (Å²) in [6, 6.07) is -1.30. The van der Waals surface area contributed by atoms with Crippen molar-refractivity contribution in [3.8, 4) is 0 Å². The summed E-state index contributed by atoms with van der Waals surface area (Å²) in [5.41, 5.74) is 0.210. The SMILES string of the molecule is Cc1nc(C(=O)NC(CO)C(=O)O)c(C)s1. The minimum absolute atomic E-state index is 0.210. The predicted octanol–water partition coefficient (Wildman–Crippen LogP) is -0.0648. The molecule has 6 nitrogen and oxygen atoms in total. The molecule has 1 heterocycles. The summed E-state index contributed by atoms with van der Waals surface area (Å²) in [6.45, 7) is 2.84. The maximum atomic E-state index is 11.6. The second kappa shape index (κ2) is 5.04. The van der Waals surface area contributed by atoms with Crippen LogP contribution in [0.3, 0.4) is 0 Å². The lowest BCUT2D eigenvalue weighted by molar-refractivity contribution is -0.140. The molecule has 0 saturated carbocycles.